The van der Waals surface area contributed by atoms with Gasteiger partial charge in [0.25, 0.3) is 5.91 Å². The Bertz CT molecular complexity index is 656. The van der Waals surface area contributed by atoms with Crippen molar-refractivity contribution >= 4 is 11.6 Å². The molecule has 0 saturated carbocycles. The number of para-hydroxylation sites is 1. The lowest BCUT2D eigenvalue weighted by Crippen LogP contribution is -2.39. The van der Waals surface area contributed by atoms with E-state index in [0.29, 0.717) is 12.5 Å². The highest BCUT2D eigenvalue weighted by molar-refractivity contribution is 6.05. The second-order valence-corrected chi connectivity index (χ2v) is 5.20. The number of amides is 1. The summed E-state index contributed by atoms with van der Waals surface area (Å²) in [6.07, 6.45) is 0.955. The molecular formula is C16H15FN2O. The van der Waals surface area contributed by atoms with Crippen LogP contribution in [0.4, 0.5) is 10.1 Å². The molecule has 0 fully saturated rings. The van der Waals surface area contributed by atoms with Crippen LogP contribution in [0.3, 0.4) is 0 Å². The van der Waals surface area contributed by atoms with E-state index in [1.165, 1.54) is 12.1 Å². The van der Waals surface area contributed by atoms with Gasteiger partial charge in [-0.1, -0.05) is 31.2 Å². The van der Waals surface area contributed by atoms with E-state index < -0.39 is 5.95 Å². The third-order valence-electron chi connectivity index (χ3n) is 3.52. The molecule has 1 aromatic carbocycles. The maximum Gasteiger partial charge on any atom is 0.276 e. The molecular weight excluding hydrogens is 255 g/mol. The molecule has 1 aromatic heterocycles. The summed E-state index contributed by atoms with van der Waals surface area (Å²) < 4.78 is 13.2. The average molecular weight is 270 g/mol. The third-order valence-corrected chi connectivity index (χ3v) is 3.52. The van der Waals surface area contributed by atoms with Gasteiger partial charge in [0.1, 0.15) is 5.69 Å². The van der Waals surface area contributed by atoms with Gasteiger partial charge >= 0.3 is 0 Å². The molecule has 1 aliphatic rings. The predicted octanol–water partition coefficient (Wildman–Crippen LogP) is 3.06. The van der Waals surface area contributed by atoms with Crippen molar-refractivity contribution in [2.24, 2.45) is 5.92 Å². The van der Waals surface area contributed by atoms with Gasteiger partial charge in [0.05, 0.1) is 0 Å². The fourth-order valence-corrected chi connectivity index (χ4v) is 2.65. The number of anilines is 1. The number of hydrogen-bond donors (Lipinski definition) is 0. The maximum atomic E-state index is 13.2. The largest absolute Gasteiger partial charge is 0.306 e. The highest BCUT2D eigenvalue weighted by atomic mass is 19.1. The second-order valence-electron chi connectivity index (χ2n) is 5.20. The molecule has 1 atom stereocenters. The number of halogens is 1. The maximum absolute atomic E-state index is 13.2. The minimum atomic E-state index is -0.630. The van der Waals surface area contributed by atoms with Gasteiger partial charge in [0, 0.05) is 12.2 Å². The Hall–Kier alpha value is -2.23. The van der Waals surface area contributed by atoms with E-state index in [-0.39, 0.29) is 11.6 Å². The van der Waals surface area contributed by atoms with Gasteiger partial charge in [-0.15, -0.1) is 0 Å². The number of hydrogen-bond acceptors (Lipinski definition) is 2. The molecule has 2 heterocycles. The molecule has 0 radical (unpaired) electrons. The van der Waals surface area contributed by atoms with Crippen LogP contribution in [0, 0.1) is 11.9 Å². The van der Waals surface area contributed by atoms with E-state index >= 15 is 0 Å². The highest BCUT2D eigenvalue weighted by Gasteiger charge is 2.27. The molecule has 0 bridgehead atoms. The highest BCUT2D eigenvalue weighted by Crippen LogP contribution is 2.30. The minimum absolute atomic E-state index is 0.147. The van der Waals surface area contributed by atoms with E-state index in [2.05, 4.69) is 11.9 Å². The summed E-state index contributed by atoms with van der Waals surface area (Å²) in [6, 6.07) is 12.1. The fraction of sp³-hybridized carbons (Fsp3) is 0.250. The number of aromatic nitrogens is 1. The van der Waals surface area contributed by atoms with Gasteiger partial charge in [0.2, 0.25) is 5.95 Å². The van der Waals surface area contributed by atoms with E-state index in [0.717, 1.165) is 17.7 Å². The Morgan fingerprint density at radius 2 is 2.05 bits per heavy atom. The Morgan fingerprint density at radius 1 is 1.25 bits per heavy atom. The molecule has 0 aliphatic carbocycles. The van der Waals surface area contributed by atoms with Gasteiger partial charge in [0.15, 0.2) is 0 Å². The average Bonchev–Trinajstić information content (AvgIpc) is 2.45. The smallest absolute Gasteiger partial charge is 0.276 e. The van der Waals surface area contributed by atoms with Crippen molar-refractivity contribution in [3.05, 3.63) is 59.7 Å². The number of fused-ring (bicyclic) bond motifs is 1. The van der Waals surface area contributed by atoms with Gasteiger partial charge in [-0.05, 0) is 36.1 Å². The van der Waals surface area contributed by atoms with Crippen molar-refractivity contribution in [1.29, 1.82) is 0 Å². The SMILES string of the molecule is CC1Cc2ccccc2N(C(=O)c2cccc(F)n2)C1. The Balaban J connectivity index is 2.00. The van der Waals surface area contributed by atoms with Crippen LogP contribution in [0.2, 0.25) is 0 Å². The zero-order valence-electron chi connectivity index (χ0n) is 11.2. The third kappa shape index (κ3) is 2.29. The quantitative estimate of drug-likeness (QED) is 0.746. The van der Waals surface area contributed by atoms with Crippen molar-refractivity contribution in [3.8, 4) is 0 Å². The first-order valence-corrected chi connectivity index (χ1v) is 6.67. The first kappa shape index (κ1) is 12.8. The topological polar surface area (TPSA) is 33.2 Å². The van der Waals surface area contributed by atoms with Crippen LogP contribution in [0.25, 0.3) is 0 Å². The molecule has 1 amide bonds. The van der Waals surface area contributed by atoms with Crippen LogP contribution in [0.5, 0.6) is 0 Å². The van der Waals surface area contributed by atoms with Crippen LogP contribution in [0.15, 0.2) is 42.5 Å². The van der Waals surface area contributed by atoms with Gasteiger partial charge in [-0.25, -0.2) is 4.98 Å². The van der Waals surface area contributed by atoms with E-state index in [4.69, 9.17) is 0 Å². The summed E-state index contributed by atoms with van der Waals surface area (Å²) in [6.45, 7) is 2.74. The van der Waals surface area contributed by atoms with Crippen LogP contribution in [-0.4, -0.2) is 17.4 Å². The molecule has 102 valence electrons. The lowest BCUT2D eigenvalue weighted by molar-refractivity contribution is 0.0975. The number of benzene rings is 1. The summed E-state index contributed by atoms with van der Waals surface area (Å²) >= 11 is 0. The van der Waals surface area contributed by atoms with Gasteiger partial charge < -0.3 is 4.90 Å². The molecule has 4 heteroatoms. The van der Waals surface area contributed by atoms with Crippen LogP contribution < -0.4 is 4.90 Å². The summed E-state index contributed by atoms with van der Waals surface area (Å²) in [7, 11) is 0. The number of pyridine rings is 1. The van der Waals surface area contributed by atoms with Crippen molar-refractivity contribution in [3.63, 3.8) is 0 Å². The van der Waals surface area contributed by atoms with Crippen molar-refractivity contribution in [2.45, 2.75) is 13.3 Å². The minimum Gasteiger partial charge on any atom is -0.306 e. The fourth-order valence-electron chi connectivity index (χ4n) is 2.65. The summed E-state index contributed by atoms with van der Waals surface area (Å²) in [5, 5.41) is 0. The lowest BCUT2D eigenvalue weighted by atomic mass is 9.93. The molecule has 1 aliphatic heterocycles. The first-order chi connectivity index (χ1) is 9.65. The van der Waals surface area contributed by atoms with Crippen LogP contribution in [-0.2, 0) is 6.42 Å². The van der Waals surface area contributed by atoms with Crippen LogP contribution in [0.1, 0.15) is 23.0 Å². The molecule has 3 nitrogen and oxygen atoms in total. The normalized spacial score (nSPS) is 17.7. The van der Waals surface area contributed by atoms with Crippen molar-refractivity contribution in [2.75, 3.05) is 11.4 Å². The van der Waals surface area contributed by atoms with E-state index in [1.807, 2.05) is 24.3 Å². The monoisotopic (exact) mass is 270 g/mol. The molecule has 0 spiro atoms. The number of nitrogens with zero attached hydrogens (tertiary/aromatic N) is 2. The number of rotatable bonds is 1. The second kappa shape index (κ2) is 5.04. The molecule has 3 rings (SSSR count). The molecule has 20 heavy (non-hydrogen) atoms. The lowest BCUT2D eigenvalue weighted by Gasteiger charge is -2.32. The van der Waals surface area contributed by atoms with E-state index in [1.54, 1.807) is 11.0 Å². The van der Waals surface area contributed by atoms with Gasteiger partial charge in [-0.2, -0.15) is 4.39 Å². The molecule has 2 aromatic rings. The van der Waals surface area contributed by atoms with Gasteiger partial charge in [-0.3, -0.25) is 4.79 Å². The molecule has 1 unspecified atom stereocenters. The van der Waals surface area contributed by atoms with Crippen LogP contribution >= 0.6 is 0 Å². The number of carbonyl (C=O) groups excluding carboxylic acids is 1. The van der Waals surface area contributed by atoms with E-state index in [9.17, 15) is 9.18 Å². The zero-order valence-corrected chi connectivity index (χ0v) is 11.2. The molecule has 0 saturated heterocycles. The summed E-state index contributed by atoms with van der Waals surface area (Å²) in [5.74, 6) is -0.500. The Labute approximate surface area is 117 Å². The van der Waals surface area contributed by atoms with Crippen molar-refractivity contribution < 1.29 is 9.18 Å². The Morgan fingerprint density at radius 3 is 2.85 bits per heavy atom. The summed E-state index contributed by atoms with van der Waals surface area (Å²) in [4.78, 5) is 17.9. The molecule has 0 N–H and O–H groups in total. The predicted molar refractivity (Wildman–Crippen MR) is 75.2 cm³/mol. The number of carbonyl (C=O) groups is 1. The summed E-state index contributed by atoms with van der Waals surface area (Å²) in [5.41, 5.74) is 2.20. The Kier molecular flexibility index (Phi) is 3.22. The standard InChI is InChI=1S/C16H15FN2O/c1-11-9-12-5-2-3-7-14(12)19(10-11)16(20)13-6-4-8-15(17)18-13/h2-8,11H,9-10H2,1H3. The van der Waals surface area contributed by atoms with Crippen molar-refractivity contribution in [1.82, 2.24) is 4.98 Å². The first-order valence-electron chi connectivity index (χ1n) is 6.67. The zero-order chi connectivity index (χ0) is 14.1.